The number of aliphatic imine (C=N–C) groups is 1. The van der Waals surface area contributed by atoms with Gasteiger partial charge < -0.3 is 15.0 Å². The number of hydrogen-bond donors (Lipinski definition) is 1. The van der Waals surface area contributed by atoms with Crippen LogP contribution in [0, 0.1) is 6.92 Å². The molecule has 1 heterocycles. The minimum absolute atomic E-state index is 0. The second-order valence-corrected chi connectivity index (χ2v) is 6.99. The highest BCUT2D eigenvalue weighted by molar-refractivity contribution is 14.0. The van der Waals surface area contributed by atoms with Crippen LogP contribution in [-0.2, 0) is 13.1 Å². The Morgan fingerprint density at radius 3 is 2.50 bits per heavy atom. The molecule has 0 fully saturated rings. The molecule has 1 N–H and O–H groups in total. The van der Waals surface area contributed by atoms with E-state index < -0.39 is 12.8 Å². The fraction of sp³-hybridized carbons (Fsp3) is 0.444. The molecule has 0 unspecified atom stereocenters. The van der Waals surface area contributed by atoms with E-state index in [1.165, 1.54) is 12.1 Å². The Morgan fingerprint density at radius 2 is 1.96 bits per heavy atom. The second-order valence-electron chi connectivity index (χ2n) is 5.93. The highest BCUT2D eigenvalue weighted by atomic mass is 127. The minimum atomic E-state index is -4.34. The van der Waals surface area contributed by atoms with Crippen LogP contribution in [-0.4, -0.2) is 42.2 Å². The van der Waals surface area contributed by atoms with Crippen molar-refractivity contribution in [3.8, 4) is 5.75 Å². The molecule has 10 heteroatoms. The van der Waals surface area contributed by atoms with Crippen molar-refractivity contribution in [1.82, 2.24) is 15.2 Å². The van der Waals surface area contributed by atoms with Gasteiger partial charge in [0.2, 0.25) is 0 Å². The molecule has 2 rings (SSSR count). The van der Waals surface area contributed by atoms with Crippen LogP contribution in [0.25, 0.3) is 0 Å². The normalized spacial score (nSPS) is 11.7. The van der Waals surface area contributed by atoms with Crippen LogP contribution in [0.1, 0.15) is 23.2 Å². The molecule has 0 spiro atoms. The first-order valence-electron chi connectivity index (χ1n) is 8.46. The minimum Gasteiger partial charge on any atom is -0.484 e. The van der Waals surface area contributed by atoms with Gasteiger partial charge in [0.15, 0.2) is 12.6 Å². The van der Waals surface area contributed by atoms with E-state index >= 15 is 0 Å². The summed E-state index contributed by atoms with van der Waals surface area (Å²) in [6, 6.07) is 6.46. The first-order chi connectivity index (χ1) is 12.8. The molecule has 0 aliphatic heterocycles. The van der Waals surface area contributed by atoms with Crippen LogP contribution < -0.4 is 10.1 Å². The second kappa shape index (κ2) is 11.4. The van der Waals surface area contributed by atoms with Crippen LogP contribution in [0.2, 0.25) is 0 Å². The van der Waals surface area contributed by atoms with E-state index in [1.54, 1.807) is 23.5 Å². The molecule has 0 saturated heterocycles. The van der Waals surface area contributed by atoms with Gasteiger partial charge in [-0.25, -0.2) is 9.98 Å². The zero-order chi connectivity index (χ0) is 19.9. The number of nitrogens with one attached hydrogen (secondary N) is 1. The topological polar surface area (TPSA) is 49.8 Å². The summed E-state index contributed by atoms with van der Waals surface area (Å²) in [7, 11) is 1.93. The average molecular weight is 528 g/mol. The van der Waals surface area contributed by atoms with E-state index in [2.05, 4.69) is 15.3 Å². The monoisotopic (exact) mass is 528 g/mol. The predicted octanol–water partition coefficient (Wildman–Crippen LogP) is 4.61. The third-order valence-corrected chi connectivity index (χ3v) is 4.32. The summed E-state index contributed by atoms with van der Waals surface area (Å²) >= 11 is 1.61. The third-order valence-electron chi connectivity index (χ3n) is 3.50. The molecule has 0 aliphatic rings. The Hall–Kier alpha value is -1.56. The van der Waals surface area contributed by atoms with E-state index in [0.29, 0.717) is 13.1 Å². The molecule has 1 aromatic heterocycles. The summed E-state index contributed by atoms with van der Waals surface area (Å²) in [6.45, 7) is 4.43. The number of benzene rings is 1. The van der Waals surface area contributed by atoms with E-state index in [9.17, 15) is 13.2 Å². The summed E-state index contributed by atoms with van der Waals surface area (Å²) in [4.78, 5) is 11.0. The van der Waals surface area contributed by atoms with Crippen LogP contribution in [0.4, 0.5) is 13.2 Å². The number of halogens is 4. The molecular weight excluding hydrogens is 504 g/mol. The quantitative estimate of drug-likeness (QED) is 0.324. The number of aryl methyl sites for hydroxylation is 1. The smallest absolute Gasteiger partial charge is 0.422 e. The molecule has 0 aliphatic carbocycles. The van der Waals surface area contributed by atoms with Crippen molar-refractivity contribution in [1.29, 1.82) is 0 Å². The number of ether oxygens (including phenoxy) is 1. The van der Waals surface area contributed by atoms with Crippen LogP contribution in [0.15, 0.2) is 34.6 Å². The maximum absolute atomic E-state index is 12.2. The first-order valence-corrected chi connectivity index (χ1v) is 9.33. The van der Waals surface area contributed by atoms with Crippen molar-refractivity contribution in [3.05, 3.63) is 45.9 Å². The molecular formula is C18H24F3IN4OS. The molecule has 156 valence electrons. The summed E-state index contributed by atoms with van der Waals surface area (Å²) in [5, 5.41) is 6.27. The highest BCUT2D eigenvalue weighted by Gasteiger charge is 2.28. The Bertz CT molecular complexity index is 750. The van der Waals surface area contributed by atoms with Crippen molar-refractivity contribution in [2.24, 2.45) is 4.99 Å². The van der Waals surface area contributed by atoms with E-state index in [-0.39, 0.29) is 29.7 Å². The molecule has 1 aromatic carbocycles. The van der Waals surface area contributed by atoms with Gasteiger partial charge in [0.05, 0.1) is 23.8 Å². The Kier molecular flexibility index (Phi) is 10.0. The lowest BCUT2D eigenvalue weighted by atomic mass is 10.2. The van der Waals surface area contributed by atoms with Gasteiger partial charge >= 0.3 is 6.18 Å². The van der Waals surface area contributed by atoms with Crippen molar-refractivity contribution >= 4 is 41.3 Å². The lowest BCUT2D eigenvalue weighted by Crippen LogP contribution is -2.38. The lowest BCUT2D eigenvalue weighted by molar-refractivity contribution is -0.153. The van der Waals surface area contributed by atoms with Crippen molar-refractivity contribution in [3.63, 3.8) is 0 Å². The molecule has 28 heavy (non-hydrogen) atoms. The fourth-order valence-electron chi connectivity index (χ4n) is 2.29. The molecule has 2 aromatic rings. The van der Waals surface area contributed by atoms with Gasteiger partial charge in [-0.15, -0.1) is 35.3 Å². The number of hydrogen-bond acceptors (Lipinski definition) is 4. The molecule has 0 saturated carbocycles. The van der Waals surface area contributed by atoms with Crippen LogP contribution in [0.3, 0.4) is 0 Å². The summed E-state index contributed by atoms with van der Waals surface area (Å²) < 4.78 is 41.2. The largest absolute Gasteiger partial charge is 0.484 e. The van der Waals surface area contributed by atoms with Gasteiger partial charge in [-0.2, -0.15) is 13.2 Å². The maximum Gasteiger partial charge on any atom is 0.422 e. The average Bonchev–Trinajstić information content (AvgIpc) is 3.01. The number of alkyl halides is 3. The number of aromatic nitrogens is 1. The van der Waals surface area contributed by atoms with Gasteiger partial charge in [-0.1, -0.05) is 12.1 Å². The first kappa shape index (κ1) is 24.5. The van der Waals surface area contributed by atoms with Gasteiger partial charge in [0, 0.05) is 19.0 Å². The number of thiazole rings is 1. The number of rotatable bonds is 7. The Labute approximate surface area is 184 Å². The zero-order valence-corrected chi connectivity index (χ0v) is 19.1. The third kappa shape index (κ3) is 8.63. The molecule has 5 nitrogen and oxygen atoms in total. The molecule has 0 radical (unpaired) electrons. The van der Waals surface area contributed by atoms with Gasteiger partial charge in [0.1, 0.15) is 5.75 Å². The standard InChI is InChI=1S/C18H23F3N4OS.HI/c1-4-22-17(25(3)10-15-11-27-13(2)24-15)23-9-14-5-7-16(8-6-14)26-12-18(19,20)21;/h5-8,11H,4,9-10,12H2,1-3H3,(H,22,23);1H. The van der Waals surface area contributed by atoms with Crippen LogP contribution in [0.5, 0.6) is 5.75 Å². The Morgan fingerprint density at radius 1 is 1.29 bits per heavy atom. The highest BCUT2D eigenvalue weighted by Crippen LogP contribution is 2.19. The van der Waals surface area contributed by atoms with Gasteiger partial charge in [-0.05, 0) is 31.5 Å². The lowest BCUT2D eigenvalue weighted by Gasteiger charge is -2.21. The van der Waals surface area contributed by atoms with E-state index in [1.807, 2.05) is 31.2 Å². The SMILES string of the molecule is CCNC(=NCc1ccc(OCC(F)(F)F)cc1)N(C)Cc1csc(C)n1.I. The van der Waals surface area contributed by atoms with E-state index in [4.69, 9.17) is 4.74 Å². The van der Waals surface area contributed by atoms with Gasteiger partial charge in [-0.3, -0.25) is 0 Å². The van der Waals surface area contributed by atoms with Crippen molar-refractivity contribution in [2.75, 3.05) is 20.2 Å². The number of nitrogens with zero attached hydrogens (tertiary/aromatic N) is 3. The summed E-state index contributed by atoms with van der Waals surface area (Å²) in [5.41, 5.74) is 1.86. The van der Waals surface area contributed by atoms with E-state index in [0.717, 1.165) is 28.8 Å². The molecule has 0 bridgehead atoms. The van der Waals surface area contributed by atoms with Crippen molar-refractivity contribution < 1.29 is 17.9 Å². The van der Waals surface area contributed by atoms with Gasteiger partial charge in [0.25, 0.3) is 0 Å². The number of guanidine groups is 1. The molecule has 0 atom stereocenters. The fourth-order valence-corrected chi connectivity index (χ4v) is 2.89. The summed E-state index contributed by atoms with van der Waals surface area (Å²) in [5.74, 6) is 0.920. The predicted molar refractivity (Wildman–Crippen MR) is 117 cm³/mol. The zero-order valence-electron chi connectivity index (χ0n) is 15.9. The van der Waals surface area contributed by atoms with Crippen LogP contribution >= 0.6 is 35.3 Å². The van der Waals surface area contributed by atoms with Crippen molar-refractivity contribution in [2.45, 2.75) is 33.1 Å². The maximum atomic E-state index is 12.2. The summed E-state index contributed by atoms with van der Waals surface area (Å²) in [6.07, 6.45) is -4.34. The Balaban J connectivity index is 0.00000392. The molecule has 0 amide bonds.